The van der Waals surface area contributed by atoms with E-state index in [1.165, 1.54) is 25.9 Å². The number of thiazole rings is 1. The summed E-state index contributed by atoms with van der Waals surface area (Å²) in [5, 5.41) is 6.00. The SMILES string of the molecule is COCCCNC(=O)Cc1csc(CN2CCCC2)n1. The minimum Gasteiger partial charge on any atom is -0.385 e. The van der Waals surface area contributed by atoms with Gasteiger partial charge in [0, 0.05) is 25.6 Å². The van der Waals surface area contributed by atoms with Crippen LogP contribution in [0.15, 0.2) is 5.38 Å². The van der Waals surface area contributed by atoms with Gasteiger partial charge < -0.3 is 10.1 Å². The average molecular weight is 297 g/mol. The highest BCUT2D eigenvalue weighted by Crippen LogP contribution is 2.16. The molecule has 0 aromatic carbocycles. The molecule has 112 valence electrons. The topological polar surface area (TPSA) is 54.5 Å². The lowest BCUT2D eigenvalue weighted by Crippen LogP contribution is -2.26. The standard InChI is InChI=1S/C14H23N3O2S/c1-19-8-4-5-15-13(18)9-12-11-20-14(16-12)10-17-6-2-3-7-17/h11H,2-10H2,1H3,(H,15,18). The maximum absolute atomic E-state index is 11.7. The predicted octanol–water partition coefficient (Wildman–Crippen LogP) is 1.43. The molecule has 0 radical (unpaired) electrons. The molecule has 1 aromatic heterocycles. The van der Waals surface area contributed by atoms with Crippen LogP contribution in [-0.2, 0) is 22.5 Å². The molecule has 6 heteroatoms. The summed E-state index contributed by atoms with van der Waals surface area (Å²) in [4.78, 5) is 18.7. The number of hydrogen-bond acceptors (Lipinski definition) is 5. The normalized spacial score (nSPS) is 15.7. The van der Waals surface area contributed by atoms with Crippen LogP contribution in [0.1, 0.15) is 30.0 Å². The molecule has 0 saturated carbocycles. The third-order valence-corrected chi connectivity index (χ3v) is 4.23. The van der Waals surface area contributed by atoms with Gasteiger partial charge in [0.05, 0.1) is 18.7 Å². The summed E-state index contributed by atoms with van der Waals surface area (Å²) in [6.07, 6.45) is 3.81. The Balaban J connectivity index is 1.70. The maximum Gasteiger partial charge on any atom is 0.226 e. The number of aromatic nitrogens is 1. The van der Waals surface area contributed by atoms with E-state index in [0.717, 1.165) is 23.7 Å². The lowest BCUT2D eigenvalue weighted by Gasteiger charge is -2.11. The van der Waals surface area contributed by atoms with Crippen molar-refractivity contribution < 1.29 is 9.53 Å². The number of ether oxygens (including phenoxy) is 1. The van der Waals surface area contributed by atoms with Crippen LogP contribution >= 0.6 is 11.3 Å². The molecule has 0 bridgehead atoms. The van der Waals surface area contributed by atoms with Crippen LogP contribution in [-0.4, -0.2) is 49.1 Å². The van der Waals surface area contributed by atoms with E-state index < -0.39 is 0 Å². The minimum absolute atomic E-state index is 0.0409. The molecule has 1 amide bonds. The first-order valence-electron chi connectivity index (χ1n) is 7.19. The second kappa shape index (κ2) is 8.34. The lowest BCUT2D eigenvalue weighted by atomic mass is 10.3. The fourth-order valence-corrected chi connectivity index (χ4v) is 3.14. The van der Waals surface area contributed by atoms with E-state index in [-0.39, 0.29) is 5.91 Å². The number of nitrogens with one attached hydrogen (secondary N) is 1. The van der Waals surface area contributed by atoms with Gasteiger partial charge in [-0.1, -0.05) is 0 Å². The number of methoxy groups -OCH3 is 1. The number of rotatable bonds is 8. The third-order valence-electron chi connectivity index (χ3n) is 3.35. The molecule has 1 fully saturated rings. The van der Waals surface area contributed by atoms with Crippen molar-refractivity contribution in [2.24, 2.45) is 0 Å². The Bertz CT molecular complexity index is 416. The molecule has 1 aliphatic heterocycles. The van der Waals surface area contributed by atoms with E-state index in [1.54, 1.807) is 18.4 Å². The molecule has 1 saturated heterocycles. The maximum atomic E-state index is 11.7. The van der Waals surface area contributed by atoms with Crippen molar-refractivity contribution in [3.63, 3.8) is 0 Å². The number of nitrogens with zero attached hydrogens (tertiary/aromatic N) is 2. The number of carbonyl (C=O) groups excluding carboxylic acids is 1. The molecular weight excluding hydrogens is 274 g/mol. The fraction of sp³-hybridized carbons (Fsp3) is 0.714. The van der Waals surface area contributed by atoms with Crippen molar-refractivity contribution in [1.29, 1.82) is 0 Å². The van der Waals surface area contributed by atoms with Gasteiger partial charge in [-0.25, -0.2) is 4.98 Å². The van der Waals surface area contributed by atoms with Gasteiger partial charge in [0.25, 0.3) is 0 Å². The quantitative estimate of drug-likeness (QED) is 0.738. The van der Waals surface area contributed by atoms with Crippen LogP contribution < -0.4 is 5.32 Å². The summed E-state index contributed by atoms with van der Waals surface area (Å²) in [7, 11) is 1.67. The predicted molar refractivity (Wildman–Crippen MR) is 79.8 cm³/mol. The van der Waals surface area contributed by atoms with Crippen LogP contribution in [0.3, 0.4) is 0 Å². The Hall–Kier alpha value is -0.980. The van der Waals surface area contributed by atoms with E-state index >= 15 is 0 Å². The van der Waals surface area contributed by atoms with Crippen LogP contribution in [0.4, 0.5) is 0 Å². The summed E-state index contributed by atoms with van der Waals surface area (Å²) >= 11 is 1.66. The van der Waals surface area contributed by atoms with Crippen LogP contribution in [0.5, 0.6) is 0 Å². The second-order valence-corrected chi connectivity index (χ2v) is 6.03. The van der Waals surface area contributed by atoms with Crippen molar-refractivity contribution in [3.05, 3.63) is 16.1 Å². The van der Waals surface area contributed by atoms with E-state index in [2.05, 4.69) is 15.2 Å². The van der Waals surface area contributed by atoms with Gasteiger partial charge in [0.1, 0.15) is 5.01 Å². The Morgan fingerprint density at radius 1 is 1.50 bits per heavy atom. The summed E-state index contributed by atoms with van der Waals surface area (Å²) < 4.78 is 4.94. The van der Waals surface area contributed by atoms with Crippen molar-refractivity contribution in [3.8, 4) is 0 Å². The van der Waals surface area contributed by atoms with E-state index in [9.17, 15) is 4.79 Å². The summed E-state index contributed by atoms with van der Waals surface area (Å²) in [6.45, 7) is 4.62. The van der Waals surface area contributed by atoms with Gasteiger partial charge in [-0.15, -0.1) is 11.3 Å². The highest BCUT2D eigenvalue weighted by atomic mass is 32.1. The van der Waals surface area contributed by atoms with Crippen LogP contribution in [0.25, 0.3) is 0 Å². The van der Waals surface area contributed by atoms with Gasteiger partial charge >= 0.3 is 0 Å². The van der Waals surface area contributed by atoms with Gasteiger partial charge in [0.2, 0.25) is 5.91 Å². The van der Waals surface area contributed by atoms with Crippen molar-refractivity contribution in [2.45, 2.75) is 32.2 Å². The van der Waals surface area contributed by atoms with Crippen molar-refractivity contribution in [1.82, 2.24) is 15.2 Å². The Morgan fingerprint density at radius 2 is 2.30 bits per heavy atom. The first kappa shape index (κ1) is 15.4. The molecule has 0 atom stereocenters. The summed E-state index contributed by atoms with van der Waals surface area (Å²) in [5.41, 5.74) is 0.883. The summed E-state index contributed by atoms with van der Waals surface area (Å²) in [5.74, 6) is 0.0409. The fourth-order valence-electron chi connectivity index (χ4n) is 2.31. The first-order chi connectivity index (χ1) is 9.78. The smallest absolute Gasteiger partial charge is 0.226 e. The molecule has 2 heterocycles. The Kier molecular flexibility index (Phi) is 6.42. The van der Waals surface area contributed by atoms with E-state index in [4.69, 9.17) is 4.74 Å². The zero-order chi connectivity index (χ0) is 14.2. The first-order valence-corrected chi connectivity index (χ1v) is 8.07. The van der Waals surface area contributed by atoms with Gasteiger partial charge in [-0.3, -0.25) is 9.69 Å². The monoisotopic (exact) mass is 297 g/mol. The minimum atomic E-state index is 0.0409. The average Bonchev–Trinajstić information content (AvgIpc) is 3.08. The molecule has 1 N–H and O–H groups in total. The molecule has 0 aliphatic carbocycles. The number of amides is 1. The van der Waals surface area contributed by atoms with Crippen molar-refractivity contribution in [2.75, 3.05) is 33.4 Å². The number of carbonyl (C=O) groups is 1. The second-order valence-electron chi connectivity index (χ2n) is 5.09. The van der Waals surface area contributed by atoms with Gasteiger partial charge in [0.15, 0.2) is 0 Å². The Labute approximate surface area is 124 Å². The molecule has 0 unspecified atom stereocenters. The zero-order valence-corrected chi connectivity index (χ0v) is 12.9. The van der Waals surface area contributed by atoms with E-state index in [0.29, 0.717) is 19.6 Å². The van der Waals surface area contributed by atoms with E-state index in [1.807, 2.05) is 5.38 Å². The van der Waals surface area contributed by atoms with Crippen LogP contribution in [0.2, 0.25) is 0 Å². The highest BCUT2D eigenvalue weighted by Gasteiger charge is 2.14. The molecule has 5 nitrogen and oxygen atoms in total. The third kappa shape index (κ3) is 5.19. The number of likely N-dealkylation sites (tertiary alicyclic amines) is 1. The largest absolute Gasteiger partial charge is 0.385 e. The zero-order valence-electron chi connectivity index (χ0n) is 12.1. The van der Waals surface area contributed by atoms with Gasteiger partial charge in [-0.05, 0) is 32.4 Å². The van der Waals surface area contributed by atoms with Gasteiger partial charge in [-0.2, -0.15) is 0 Å². The number of hydrogen-bond donors (Lipinski definition) is 1. The molecule has 1 aromatic rings. The molecule has 20 heavy (non-hydrogen) atoms. The molecule has 2 rings (SSSR count). The highest BCUT2D eigenvalue weighted by molar-refractivity contribution is 7.09. The van der Waals surface area contributed by atoms with Crippen molar-refractivity contribution >= 4 is 17.2 Å². The summed E-state index contributed by atoms with van der Waals surface area (Å²) in [6, 6.07) is 0. The molecule has 0 spiro atoms. The Morgan fingerprint density at radius 3 is 3.05 bits per heavy atom. The lowest BCUT2D eigenvalue weighted by molar-refractivity contribution is -0.120. The molecular formula is C14H23N3O2S. The van der Waals surface area contributed by atoms with Crippen LogP contribution in [0, 0.1) is 0 Å². The molecule has 1 aliphatic rings.